The number of rotatable bonds is 6. The van der Waals surface area contributed by atoms with Crippen molar-refractivity contribution in [3.8, 4) is 11.5 Å². The number of aromatic nitrogens is 1. The third-order valence-corrected chi connectivity index (χ3v) is 6.03. The second-order valence-corrected chi connectivity index (χ2v) is 8.45. The van der Waals surface area contributed by atoms with Gasteiger partial charge in [0.1, 0.15) is 17.3 Å². The van der Waals surface area contributed by atoms with Crippen LogP contribution in [-0.2, 0) is 12.6 Å². The fraction of sp³-hybridized carbons (Fsp3) is 0.250. The summed E-state index contributed by atoms with van der Waals surface area (Å²) >= 11 is 6.25. The molecule has 0 saturated carbocycles. The second-order valence-electron chi connectivity index (χ2n) is 8.05. The van der Waals surface area contributed by atoms with Crippen molar-refractivity contribution in [3.63, 3.8) is 0 Å². The van der Waals surface area contributed by atoms with Crippen molar-refractivity contribution in [1.29, 1.82) is 0 Å². The third kappa shape index (κ3) is 4.89. The van der Waals surface area contributed by atoms with Gasteiger partial charge in [-0.25, -0.2) is 9.18 Å². The number of halogens is 5. The highest BCUT2D eigenvalue weighted by molar-refractivity contribution is 6.31. The molecule has 0 aliphatic rings. The minimum Gasteiger partial charge on any atom is -0.478 e. The molecular weight excluding hydrogens is 494 g/mol. The Balaban J connectivity index is 2.00. The van der Waals surface area contributed by atoms with E-state index in [2.05, 4.69) is 0 Å². The van der Waals surface area contributed by atoms with Gasteiger partial charge in [0, 0.05) is 41.4 Å². The molecule has 1 aromatic heterocycles. The fourth-order valence-electron chi connectivity index (χ4n) is 3.76. The van der Waals surface area contributed by atoms with E-state index in [-0.39, 0.29) is 27.6 Å². The molecule has 0 bridgehead atoms. The van der Waals surface area contributed by atoms with Crippen LogP contribution in [0.15, 0.2) is 53.5 Å². The number of ether oxygens (including phenoxy) is 1. The van der Waals surface area contributed by atoms with Gasteiger partial charge in [0.25, 0.3) is 5.56 Å². The van der Waals surface area contributed by atoms with Gasteiger partial charge >= 0.3 is 12.1 Å². The van der Waals surface area contributed by atoms with Crippen LogP contribution < -0.4 is 10.3 Å². The third-order valence-electron chi connectivity index (χ3n) is 5.71. The predicted octanol–water partition coefficient (Wildman–Crippen LogP) is 5.53. The van der Waals surface area contributed by atoms with Crippen molar-refractivity contribution >= 4 is 17.6 Å². The summed E-state index contributed by atoms with van der Waals surface area (Å²) in [7, 11) is 1.28. The summed E-state index contributed by atoms with van der Waals surface area (Å²) in [6.07, 6.45) is -4.20. The Hall–Kier alpha value is -3.37. The summed E-state index contributed by atoms with van der Waals surface area (Å²) in [5.74, 6) is -4.11. The fourth-order valence-corrected chi connectivity index (χ4v) is 4.10. The van der Waals surface area contributed by atoms with E-state index in [4.69, 9.17) is 21.4 Å². The van der Waals surface area contributed by atoms with Gasteiger partial charge in [0.05, 0.1) is 5.56 Å². The number of hydrogen-bond acceptors (Lipinski definition) is 4. The van der Waals surface area contributed by atoms with E-state index in [1.807, 2.05) is 0 Å². The molecule has 35 heavy (non-hydrogen) atoms. The number of aryl methyl sites for hydroxylation is 2. The van der Waals surface area contributed by atoms with Gasteiger partial charge < -0.3 is 19.5 Å². The molecule has 2 N–H and O–H groups in total. The molecule has 186 valence electrons. The SMILES string of the molecule is Cc1cc(C(O)(C(C)c2ccc(Oc3ccc(C(=O)O)c(F)c3)cc2Cl)C(F)(F)F)cn(C)c1=O. The first-order chi connectivity index (χ1) is 16.2. The van der Waals surface area contributed by atoms with Crippen molar-refractivity contribution in [2.24, 2.45) is 7.05 Å². The van der Waals surface area contributed by atoms with E-state index in [1.165, 1.54) is 38.2 Å². The standard InChI is InChI=1S/C24H20ClF4NO5/c1-12-8-14(11-30(3)21(12)31)23(34,24(27,28)29)13(2)17-6-4-15(9-19(17)25)35-16-5-7-18(22(32)33)20(26)10-16/h4-11,13,34H,1-3H3,(H,32,33). The Bertz CT molecular complexity index is 1330. The molecule has 0 spiro atoms. The lowest BCUT2D eigenvalue weighted by atomic mass is 9.78. The highest BCUT2D eigenvalue weighted by Gasteiger charge is 2.59. The van der Waals surface area contributed by atoms with Crippen molar-refractivity contribution in [2.45, 2.75) is 31.5 Å². The summed E-state index contributed by atoms with van der Waals surface area (Å²) in [5, 5.41) is 19.7. The number of aromatic carboxylic acids is 1. The van der Waals surface area contributed by atoms with Crippen LogP contribution >= 0.6 is 11.6 Å². The van der Waals surface area contributed by atoms with Crippen LogP contribution in [0.1, 0.15) is 39.9 Å². The van der Waals surface area contributed by atoms with E-state index in [0.29, 0.717) is 0 Å². The zero-order chi connectivity index (χ0) is 26.3. The molecule has 2 atom stereocenters. The number of carboxylic acids is 1. The number of carboxylic acid groups (broad SMARTS) is 1. The average molecular weight is 514 g/mol. The van der Waals surface area contributed by atoms with Gasteiger partial charge in [-0.2, -0.15) is 13.2 Å². The van der Waals surface area contributed by atoms with Crippen LogP contribution in [0.5, 0.6) is 11.5 Å². The molecule has 3 rings (SSSR count). The largest absolute Gasteiger partial charge is 0.478 e. The van der Waals surface area contributed by atoms with Crippen LogP contribution in [0, 0.1) is 12.7 Å². The average Bonchev–Trinajstić information content (AvgIpc) is 2.75. The summed E-state index contributed by atoms with van der Waals surface area (Å²) in [4.78, 5) is 22.9. The number of alkyl halides is 3. The maximum Gasteiger partial charge on any atom is 0.422 e. The smallest absolute Gasteiger partial charge is 0.422 e. The molecule has 0 fully saturated rings. The van der Waals surface area contributed by atoms with Crippen molar-refractivity contribution < 1.29 is 37.3 Å². The van der Waals surface area contributed by atoms with Gasteiger partial charge in [-0.15, -0.1) is 0 Å². The number of benzene rings is 2. The number of nitrogens with zero attached hydrogens (tertiary/aromatic N) is 1. The van der Waals surface area contributed by atoms with Gasteiger partial charge in [0.15, 0.2) is 5.60 Å². The molecule has 0 amide bonds. The van der Waals surface area contributed by atoms with E-state index < -0.39 is 46.2 Å². The summed E-state index contributed by atoms with van der Waals surface area (Å²) in [5.41, 5.74) is -5.00. The highest BCUT2D eigenvalue weighted by Crippen LogP contribution is 2.50. The first-order valence-electron chi connectivity index (χ1n) is 10.1. The Morgan fingerprint density at radius 3 is 2.23 bits per heavy atom. The van der Waals surface area contributed by atoms with Gasteiger partial charge in [-0.3, -0.25) is 4.79 Å². The monoisotopic (exact) mass is 513 g/mol. The van der Waals surface area contributed by atoms with E-state index in [1.54, 1.807) is 0 Å². The Labute approximate surface area is 202 Å². The van der Waals surface area contributed by atoms with Crippen molar-refractivity contribution in [1.82, 2.24) is 4.57 Å². The quantitative estimate of drug-likeness (QED) is 0.423. The minimum absolute atomic E-state index is 0.0240. The van der Waals surface area contributed by atoms with Gasteiger partial charge in [0.2, 0.25) is 0 Å². The Morgan fingerprint density at radius 1 is 1.11 bits per heavy atom. The van der Waals surface area contributed by atoms with Crippen LogP contribution in [0.2, 0.25) is 5.02 Å². The van der Waals surface area contributed by atoms with Crippen LogP contribution in [0.3, 0.4) is 0 Å². The predicted molar refractivity (Wildman–Crippen MR) is 120 cm³/mol. The maximum absolute atomic E-state index is 14.2. The number of hydrogen-bond donors (Lipinski definition) is 2. The lowest BCUT2D eigenvalue weighted by Crippen LogP contribution is -2.47. The summed E-state index contributed by atoms with van der Waals surface area (Å²) in [6.45, 7) is 2.49. The van der Waals surface area contributed by atoms with Crippen LogP contribution in [-0.4, -0.2) is 26.9 Å². The Morgan fingerprint density at radius 2 is 1.71 bits per heavy atom. The number of carbonyl (C=O) groups is 1. The minimum atomic E-state index is -5.13. The molecule has 2 unspecified atom stereocenters. The zero-order valence-electron chi connectivity index (χ0n) is 18.7. The number of aliphatic hydroxyl groups is 1. The van der Waals surface area contributed by atoms with E-state index in [9.17, 15) is 32.3 Å². The molecule has 3 aromatic rings. The second kappa shape index (κ2) is 9.35. The van der Waals surface area contributed by atoms with Crippen LogP contribution in [0.4, 0.5) is 17.6 Å². The first-order valence-corrected chi connectivity index (χ1v) is 10.5. The summed E-state index contributed by atoms with van der Waals surface area (Å²) < 4.78 is 63.0. The lowest BCUT2D eigenvalue weighted by molar-refractivity contribution is -0.274. The van der Waals surface area contributed by atoms with Gasteiger partial charge in [-0.05, 0) is 42.8 Å². The highest BCUT2D eigenvalue weighted by atomic mass is 35.5. The lowest BCUT2D eigenvalue weighted by Gasteiger charge is -2.37. The van der Waals surface area contributed by atoms with E-state index in [0.717, 1.165) is 35.9 Å². The summed E-state index contributed by atoms with van der Waals surface area (Å²) in [6, 6.07) is 7.76. The zero-order valence-corrected chi connectivity index (χ0v) is 19.4. The molecule has 0 saturated heterocycles. The molecular formula is C24H20ClF4NO5. The van der Waals surface area contributed by atoms with Crippen molar-refractivity contribution in [2.75, 3.05) is 0 Å². The molecule has 2 aromatic carbocycles. The van der Waals surface area contributed by atoms with Crippen molar-refractivity contribution in [3.05, 3.63) is 92.1 Å². The Kier molecular flexibility index (Phi) is 7.01. The maximum atomic E-state index is 14.2. The van der Waals surface area contributed by atoms with Gasteiger partial charge in [-0.1, -0.05) is 24.6 Å². The molecule has 0 radical (unpaired) electrons. The van der Waals surface area contributed by atoms with E-state index >= 15 is 0 Å². The first kappa shape index (κ1) is 26.2. The molecule has 6 nitrogen and oxygen atoms in total. The molecule has 1 heterocycles. The topological polar surface area (TPSA) is 88.8 Å². The van der Waals surface area contributed by atoms with Crippen LogP contribution in [0.25, 0.3) is 0 Å². The molecule has 0 aliphatic carbocycles. The molecule has 11 heteroatoms. The molecule has 0 aliphatic heterocycles. The normalized spacial score (nSPS) is 14.3. The number of pyridine rings is 1.